The van der Waals surface area contributed by atoms with E-state index in [9.17, 15) is 4.79 Å². The molecule has 0 spiro atoms. The molecule has 2 N–H and O–H groups in total. The van der Waals surface area contributed by atoms with Gasteiger partial charge in [0.15, 0.2) is 4.77 Å². The van der Waals surface area contributed by atoms with Gasteiger partial charge in [0.05, 0.1) is 0 Å². The minimum Gasteiger partial charge on any atom is -0.272 e. The number of nitrogens with zero attached hydrogens (tertiary/aromatic N) is 1. The summed E-state index contributed by atoms with van der Waals surface area (Å²) >= 11 is 5.12. The highest BCUT2D eigenvalue weighted by atomic mass is 32.1. The van der Waals surface area contributed by atoms with Crippen LogP contribution in [-0.4, -0.2) is 14.8 Å². The van der Waals surface area contributed by atoms with Gasteiger partial charge in [0.2, 0.25) is 0 Å². The van der Waals surface area contributed by atoms with Crippen molar-refractivity contribution in [3.05, 3.63) is 15.3 Å². The van der Waals surface area contributed by atoms with E-state index >= 15 is 0 Å². The number of aromatic amines is 2. The average Bonchev–Trinajstić information content (AvgIpc) is 2.99. The average molecular weight is 211 g/mol. The van der Waals surface area contributed by atoms with Gasteiger partial charge >= 0.3 is 5.69 Å². The molecule has 0 saturated heterocycles. The van der Waals surface area contributed by atoms with Crippen LogP contribution in [0.4, 0.5) is 0 Å². The largest absolute Gasteiger partial charge is 0.342 e. The fourth-order valence-corrected chi connectivity index (χ4v) is 2.53. The molecule has 0 unspecified atom stereocenters. The normalized spacial score (nSPS) is 21.8. The van der Waals surface area contributed by atoms with Crippen LogP contribution in [0.1, 0.15) is 31.7 Å². The van der Waals surface area contributed by atoms with Crippen molar-refractivity contribution in [1.82, 2.24) is 14.8 Å². The summed E-state index contributed by atoms with van der Waals surface area (Å²) in [5.74, 6) is 1.40. The topological polar surface area (TPSA) is 53.6 Å². The van der Waals surface area contributed by atoms with Crippen molar-refractivity contribution < 1.29 is 0 Å². The lowest BCUT2D eigenvalue weighted by molar-refractivity contribution is 0.381. The molecule has 0 atom stereocenters. The van der Waals surface area contributed by atoms with Crippen molar-refractivity contribution in [2.24, 2.45) is 11.8 Å². The summed E-state index contributed by atoms with van der Waals surface area (Å²) in [7, 11) is 0. The minimum atomic E-state index is -0.0706. The van der Waals surface area contributed by atoms with E-state index in [1.54, 1.807) is 4.57 Å². The maximum absolute atomic E-state index is 11.6. The van der Waals surface area contributed by atoms with Gasteiger partial charge in [0.25, 0.3) is 0 Å². The Morgan fingerprint density at radius 1 is 1.21 bits per heavy atom. The lowest BCUT2D eigenvalue weighted by atomic mass is 10.1. The monoisotopic (exact) mass is 211 g/mol. The summed E-state index contributed by atoms with van der Waals surface area (Å²) in [4.78, 5) is 11.6. The Hall–Kier alpha value is -0.840. The van der Waals surface area contributed by atoms with E-state index in [0.29, 0.717) is 22.6 Å². The quantitative estimate of drug-likeness (QED) is 0.746. The highest BCUT2D eigenvalue weighted by molar-refractivity contribution is 7.71. The first kappa shape index (κ1) is 8.47. The Labute approximate surface area is 86.3 Å². The molecule has 5 heteroatoms. The molecule has 2 saturated carbocycles. The van der Waals surface area contributed by atoms with Gasteiger partial charge in [-0.05, 0) is 49.7 Å². The Kier molecular flexibility index (Phi) is 1.71. The van der Waals surface area contributed by atoms with Gasteiger partial charge in [0, 0.05) is 6.04 Å². The molecule has 14 heavy (non-hydrogen) atoms. The number of rotatable bonds is 3. The van der Waals surface area contributed by atoms with Crippen LogP contribution >= 0.6 is 12.2 Å². The maximum Gasteiger partial charge on any atom is 0.342 e. The van der Waals surface area contributed by atoms with Crippen molar-refractivity contribution in [3.8, 4) is 0 Å². The molecule has 2 aliphatic rings. The fourth-order valence-electron chi connectivity index (χ4n) is 2.27. The minimum absolute atomic E-state index is 0.0706. The highest BCUT2D eigenvalue weighted by Crippen LogP contribution is 2.51. The molecule has 1 aromatic heterocycles. The van der Waals surface area contributed by atoms with E-state index in [-0.39, 0.29) is 5.69 Å². The molecule has 0 aromatic carbocycles. The summed E-state index contributed by atoms with van der Waals surface area (Å²) in [6, 6.07) is 0.373. The van der Waals surface area contributed by atoms with Gasteiger partial charge in [-0.15, -0.1) is 0 Å². The highest BCUT2D eigenvalue weighted by Gasteiger charge is 2.43. The summed E-state index contributed by atoms with van der Waals surface area (Å²) in [5, 5.41) is 5.28. The van der Waals surface area contributed by atoms with E-state index in [4.69, 9.17) is 12.2 Å². The first-order valence-electron chi connectivity index (χ1n) is 5.16. The number of nitrogens with one attached hydrogen (secondary N) is 2. The molecule has 1 aromatic rings. The molecular formula is C9H13N3OS. The van der Waals surface area contributed by atoms with Crippen LogP contribution in [0.2, 0.25) is 0 Å². The second-order valence-corrected chi connectivity index (χ2v) is 4.78. The van der Waals surface area contributed by atoms with Crippen LogP contribution in [0.15, 0.2) is 4.79 Å². The van der Waals surface area contributed by atoms with Gasteiger partial charge in [0.1, 0.15) is 0 Å². The van der Waals surface area contributed by atoms with Crippen molar-refractivity contribution in [3.63, 3.8) is 0 Å². The van der Waals surface area contributed by atoms with Crippen LogP contribution in [0.25, 0.3) is 0 Å². The zero-order chi connectivity index (χ0) is 9.71. The lowest BCUT2D eigenvalue weighted by Crippen LogP contribution is -2.25. The number of H-pyrrole nitrogens is 2. The summed E-state index contributed by atoms with van der Waals surface area (Å²) in [6.45, 7) is 0. The molecule has 3 rings (SSSR count). The van der Waals surface area contributed by atoms with Crippen molar-refractivity contribution in [2.45, 2.75) is 31.7 Å². The van der Waals surface area contributed by atoms with Crippen LogP contribution in [0.5, 0.6) is 0 Å². The molecule has 0 aliphatic heterocycles. The van der Waals surface area contributed by atoms with Crippen molar-refractivity contribution >= 4 is 12.2 Å². The molecule has 0 radical (unpaired) electrons. The predicted octanol–water partition coefficient (Wildman–Crippen LogP) is 1.60. The molecular weight excluding hydrogens is 198 g/mol. The second kappa shape index (κ2) is 2.82. The summed E-state index contributed by atoms with van der Waals surface area (Å²) in [5.41, 5.74) is -0.0706. The zero-order valence-electron chi connectivity index (χ0n) is 7.82. The third-order valence-corrected chi connectivity index (χ3v) is 3.52. The Balaban J connectivity index is 2.05. The van der Waals surface area contributed by atoms with Gasteiger partial charge in [-0.3, -0.25) is 9.67 Å². The smallest absolute Gasteiger partial charge is 0.272 e. The summed E-state index contributed by atoms with van der Waals surface area (Å²) < 4.78 is 2.31. The lowest BCUT2D eigenvalue weighted by Gasteiger charge is -2.15. The maximum atomic E-state index is 11.6. The van der Waals surface area contributed by atoms with E-state index in [0.717, 1.165) is 0 Å². The van der Waals surface area contributed by atoms with E-state index in [2.05, 4.69) is 10.2 Å². The standard InChI is InChI=1S/C9H13N3OS/c13-8-10-11-9(14)12(8)7(5-1-2-5)6-3-4-6/h5-7H,1-4H2,(H,10,13)(H,11,14). The van der Waals surface area contributed by atoms with Gasteiger partial charge in [-0.2, -0.15) is 0 Å². The molecule has 4 nitrogen and oxygen atoms in total. The summed E-state index contributed by atoms with van der Waals surface area (Å²) in [6.07, 6.45) is 5.03. The number of hydrogen-bond donors (Lipinski definition) is 2. The second-order valence-electron chi connectivity index (χ2n) is 4.40. The van der Waals surface area contributed by atoms with E-state index in [1.165, 1.54) is 25.7 Å². The Morgan fingerprint density at radius 2 is 1.79 bits per heavy atom. The molecule has 1 heterocycles. The SMILES string of the molecule is O=c1[nH][nH]c(=S)n1C(C1CC1)C1CC1. The van der Waals surface area contributed by atoms with Crippen LogP contribution in [0.3, 0.4) is 0 Å². The van der Waals surface area contributed by atoms with Crippen LogP contribution in [0, 0.1) is 16.6 Å². The molecule has 2 aliphatic carbocycles. The third-order valence-electron chi connectivity index (χ3n) is 3.22. The van der Waals surface area contributed by atoms with Gasteiger partial charge in [-0.25, -0.2) is 9.89 Å². The Morgan fingerprint density at radius 3 is 2.14 bits per heavy atom. The Bertz CT molecular complexity index is 410. The van der Waals surface area contributed by atoms with Crippen LogP contribution < -0.4 is 5.69 Å². The van der Waals surface area contributed by atoms with Crippen molar-refractivity contribution in [1.29, 1.82) is 0 Å². The predicted molar refractivity (Wildman–Crippen MR) is 54.7 cm³/mol. The zero-order valence-corrected chi connectivity index (χ0v) is 8.64. The molecule has 76 valence electrons. The van der Waals surface area contributed by atoms with E-state index < -0.39 is 0 Å². The van der Waals surface area contributed by atoms with Crippen molar-refractivity contribution in [2.75, 3.05) is 0 Å². The first-order chi connectivity index (χ1) is 6.77. The molecule has 0 bridgehead atoms. The molecule has 2 fully saturated rings. The molecule has 0 amide bonds. The number of hydrogen-bond acceptors (Lipinski definition) is 2. The van der Waals surface area contributed by atoms with E-state index in [1.807, 2.05) is 0 Å². The first-order valence-corrected chi connectivity index (χ1v) is 5.57. The van der Waals surface area contributed by atoms with Gasteiger partial charge in [-0.1, -0.05) is 0 Å². The third kappa shape index (κ3) is 1.27. The fraction of sp³-hybridized carbons (Fsp3) is 0.778. The van der Waals surface area contributed by atoms with Crippen LogP contribution in [-0.2, 0) is 0 Å². The van der Waals surface area contributed by atoms with Gasteiger partial charge < -0.3 is 0 Å². The number of aromatic nitrogens is 3.